The first-order valence-corrected chi connectivity index (χ1v) is 9.43. The van der Waals surface area contributed by atoms with Crippen molar-refractivity contribution in [2.75, 3.05) is 7.11 Å². The summed E-state index contributed by atoms with van der Waals surface area (Å²) in [4.78, 5) is 10.8. The number of allylic oxidation sites excluding steroid dienone is 6. The van der Waals surface area contributed by atoms with E-state index in [0.29, 0.717) is 6.42 Å². The van der Waals surface area contributed by atoms with E-state index in [2.05, 4.69) is 43.4 Å². The molecule has 0 amide bonds. The normalized spacial score (nSPS) is 13.4. The van der Waals surface area contributed by atoms with Crippen molar-refractivity contribution in [1.82, 2.24) is 0 Å². The summed E-state index contributed by atoms with van der Waals surface area (Å²) in [5.74, 6) is -0.850. The molecule has 138 valence electrons. The van der Waals surface area contributed by atoms with Crippen molar-refractivity contribution in [3.8, 4) is 0 Å². The molecule has 0 fully saturated rings. The van der Waals surface area contributed by atoms with Crippen LogP contribution in [0.1, 0.15) is 77.6 Å². The molecule has 24 heavy (non-hydrogen) atoms. The third-order valence-electron chi connectivity index (χ3n) is 3.93. The zero-order valence-electron chi connectivity index (χ0n) is 15.6. The number of aliphatic carboxylic acids is 1. The van der Waals surface area contributed by atoms with Crippen LogP contribution in [0.2, 0.25) is 0 Å². The highest BCUT2D eigenvalue weighted by Gasteiger charge is 2.14. The van der Waals surface area contributed by atoms with Crippen molar-refractivity contribution < 1.29 is 14.6 Å². The van der Waals surface area contributed by atoms with Gasteiger partial charge < -0.3 is 9.84 Å². The molecule has 0 spiro atoms. The van der Waals surface area contributed by atoms with Crippen LogP contribution in [0.3, 0.4) is 0 Å². The van der Waals surface area contributed by atoms with Gasteiger partial charge >= 0.3 is 5.97 Å². The maximum atomic E-state index is 10.8. The second kappa shape index (κ2) is 18.0. The molecule has 3 nitrogen and oxygen atoms in total. The molecule has 0 aromatic heterocycles. The zero-order chi connectivity index (χ0) is 17.9. The lowest BCUT2D eigenvalue weighted by atomic mass is 10.1. The van der Waals surface area contributed by atoms with E-state index >= 15 is 0 Å². The first-order chi connectivity index (χ1) is 11.7. The van der Waals surface area contributed by atoms with Gasteiger partial charge in [-0.15, -0.1) is 0 Å². The minimum atomic E-state index is -0.850. The third kappa shape index (κ3) is 15.5. The number of hydrogen-bond acceptors (Lipinski definition) is 2. The number of carbonyl (C=O) groups is 1. The standard InChI is InChI=1S/C21H36O3/c1-3-4-5-6-7-8-9-10-11-12-13-14-15-16-17-18-19-20(24-2)21(22)23/h4-5,7-8,10-11,20H,3,6,9,12-19H2,1-2H3,(H,22,23)/b5-4-,8-7-,11-10-. The van der Waals surface area contributed by atoms with Crippen LogP contribution < -0.4 is 0 Å². The maximum absolute atomic E-state index is 10.8. The van der Waals surface area contributed by atoms with Crippen LogP contribution in [-0.2, 0) is 9.53 Å². The van der Waals surface area contributed by atoms with Gasteiger partial charge in [-0.3, -0.25) is 0 Å². The van der Waals surface area contributed by atoms with Crippen molar-refractivity contribution in [3.63, 3.8) is 0 Å². The van der Waals surface area contributed by atoms with Gasteiger partial charge in [-0.1, -0.05) is 75.5 Å². The van der Waals surface area contributed by atoms with E-state index < -0.39 is 12.1 Å². The fraction of sp³-hybridized carbons (Fsp3) is 0.667. The first kappa shape index (κ1) is 22.6. The molecule has 0 aliphatic heterocycles. The first-order valence-electron chi connectivity index (χ1n) is 9.43. The highest BCUT2D eigenvalue weighted by atomic mass is 16.5. The summed E-state index contributed by atoms with van der Waals surface area (Å²) in [5.41, 5.74) is 0. The summed E-state index contributed by atoms with van der Waals surface area (Å²) in [7, 11) is 1.46. The van der Waals surface area contributed by atoms with Crippen molar-refractivity contribution in [3.05, 3.63) is 36.5 Å². The fourth-order valence-corrected chi connectivity index (χ4v) is 2.47. The number of rotatable bonds is 16. The van der Waals surface area contributed by atoms with Crippen molar-refractivity contribution in [2.24, 2.45) is 0 Å². The van der Waals surface area contributed by atoms with Crippen molar-refractivity contribution in [2.45, 2.75) is 83.7 Å². The Labute approximate surface area is 148 Å². The number of ether oxygens (including phenoxy) is 1. The largest absolute Gasteiger partial charge is 0.479 e. The highest BCUT2D eigenvalue weighted by molar-refractivity contribution is 5.72. The molecule has 1 N–H and O–H groups in total. The molecular weight excluding hydrogens is 300 g/mol. The number of carboxylic acid groups (broad SMARTS) is 1. The van der Waals surface area contributed by atoms with Crippen LogP contribution in [0, 0.1) is 0 Å². The van der Waals surface area contributed by atoms with Crippen LogP contribution in [0.25, 0.3) is 0 Å². The molecule has 0 aliphatic carbocycles. The van der Waals surface area contributed by atoms with Gasteiger partial charge in [0.25, 0.3) is 0 Å². The molecule has 0 heterocycles. The number of hydrogen-bond donors (Lipinski definition) is 1. The Morgan fingerprint density at radius 2 is 1.42 bits per heavy atom. The summed E-state index contributed by atoms with van der Waals surface area (Å²) >= 11 is 0. The lowest BCUT2D eigenvalue weighted by Crippen LogP contribution is -2.21. The van der Waals surface area contributed by atoms with Crippen molar-refractivity contribution in [1.29, 1.82) is 0 Å². The smallest absolute Gasteiger partial charge is 0.332 e. The van der Waals surface area contributed by atoms with Gasteiger partial charge in [-0.05, 0) is 38.5 Å². The average Bonchev–Trinajstić information content (AvgIpc) is 2.57. The number of unbranched alkanes of at least 4 members (excludes halogenated alkanes) is 6. The van der Waals surface area contributed by atoms with Gasteiger partial charge in [-0.2, -0.15) is 0 Å². The second-order valence-corrected chi connectivity index (χ2v) is 6.06. The van der Waals surface area contributed by atoms with E-state index in [0.717, 1.165) is 38.5 Å². The van der Waals surface area contributed by atoms with E-state index in [1.807, 2.05) is 0 Å². The molecule has 1 atom stereocenters. The summed E-state index contributed by atoms with van der Waals surface area (Å²) in [6, 6.07) is 0. The van der Waals surface area contributed by atoms with Gasteiger partial charge in [0.1, 0.15) is 0 Å². The van der Waals surface area contributed by atoms with Gasteiger partial charge in [0.15, 0.2) is 6.10 Å². The Morgan fingerprint density at radius 1 is 0.875 bits per heavy atom. The Kier molecular flexibility index (Phi) is 17.0. The minimum absolute atomic E-state index is 0.621. The molecule has 0 bridgehead atoms. The van der Waals surface area contributed by atoms with E-state index in [1.165, 1.54) is 32.8 Å². The lowest BCUT2D eigenvalue weighted by Gasteiger charge is -2.09. The second-order valence-electron chi connectivity index (χ2n) is 6.06. The molecule has 0 aromatic carbocycles. The Balaban J connectivity index is 3.34. The van der Waals surface area contributed by atoms with Crippen LogP contribution >= 0.6 is 0 Å². The average molecular weight is 337 g/mol. The predicted molar refractivity (Wildman–Crippen MR) is 102 cm³/mol. The molecule has 0 aromatic rings. The summed E-state index contributed by atoms with van der Waals surface area (Å²) in [6.07, 6.45) is 24.7. The van der Waals surface area contributed by atoms with Gasteiger partial charge in [-0.25, -0.2) is 4.79 Å². The molecule has 0 aliphatic rings. The predicted octanol–water partition coefficient (Wildman–Crippen LogP) is 6.07. The topological polar surface area (TPSA) is 46.5 Å². The third-order valence-corrected chi connectivity index (χ3v) is 3.93. The van der Waals surface area contributed by atoms with Crippen LogP contribution in [-0.4, -0.2) is 24.3 Å². The maximum Gasteiger partial charge on any atom is 0.332 e. The Morgan fingerprint density at radius 3 is 2.00 bits per heavy atom. The molecule has 0 saturated heterocycles. The van der Waals surface area contributed by atoms with E-state index in [9.17, 15) is 4.79 Å². The van der Waals surface area contributed by atoms with E-state index in [-0.39, 0.29) is 0 Å². The Hall–Kier alpha value is -1.35. The summed E-state index contributed by atoms with van der Waals surface area (Å²) < 4.78 is 4.92. The van der Waals surface area contributed by atoms with Gasteiger partial charge in [0, 0.05) is 7.11 Å². The summed E-state index contributed by atoms with van der Waals surface area (Å²) in [6.45, 7) is 2.15. The SMILES string of the molecule is CC/C=C\C/C=C\C/C=C\CCCCCCCCC(OC)C(=O)O. The van der Waals surface area contributed by atoms with E-state index in [4.69, 9.17) is 9.84 Å². The molecule has 0 rings (SSSR count). The summed E-state index contributed by atoms with van der Waals surface area (Å²) in [5, 5.41) is 8.86. The monoisotopic (exact) mass is 336 g/mol. The van der Waals surface area contributed by atoms with Crippen LogP contribution in [0.4, 0.5) is 0 Å². The lowest BCUT2D eigenvalue weighted by molar-refractivity contribution is -0.148. The molecule has 0 saturated carbocycles. The zero-order valence-corrected chi connectivity index (χ0v) is 15.6. The van der Waals surface area contributed by atoms with E-state index in [1.54, 1.807) is 0 Å². The van der Waals surface area contributed by atoms with Crippen molar-refractivity contribution >= 4 is 5.97 Å². The van der Waals surface area contributed by atoms with Gasteiger partial charge in [0.05, 0.1) is 0 Å². The number of methoxy groups -OCH3 is 1. The quantitative estimate of drug-likeness (QED) is 0.275. The van der Waals surface area contributed by atoms with Crippen LogP contribution in [0.15, 0.2) is 36.5 Å². The van der Waals surface area contributed by atoms with Gasteiger partial charge in [0.2, 0.25) is 0 Å². The number of carboxylic acids is 1. The molecule has 1 unspecified atom stereocenters. The molecular formula is C21H36O3. The fourth-order valence-electron chi connectivity index (χ4n) is 2.47. The molecule has 3 heteroatoms. The minimum Gasteiger partial charge on any atom is -0.479 e. The van der Waals surface area contributed by atoms with Crippen LogP contribution in [0.5, 0.6) is 0 Å². The Bertz CT molecular complexity index is 369. The molecule has 0 radical (unpaired) electrons. The highest BCUT2D eigenvalue weighted by Crippen LogP contribution is 2.11.